The van der Waals surface area contributed by atoms with E-state index < -0.39 is 0 Å². The van der Waals surface area contributed by atoms with Gasteiger partial charge in [0.25, 0.3) is 0 Å². The maximum absolute atomic E-state index is 3.92. The second-order valence-corrected chi connectivity index (χ2v) is 9.13. The van der Waals surface area contributed by atoms with Gasteiger partial charge in [-0.2, -0.15) is 0 Å². The fourth-order valence-electron chi connectivity index (χ4n) is 4.88. The minimum Gasteiger partial charge on any atom is -0.312 e. The van der Waals surface area contributed by atoms with Crippen molar-refractivity contribution in [2.24, 2.45) is 16.7 Å². The highest BCUT2D eigenvalue weighted by Crippen LogP contribution is 2.45. The average molecular weight is 297 g/mol. The zero-order chi connectivity index (χ0) is 16.3. The van der Waals surface area contributed by atoms with Crippen molar-refractivity contribution in [2.45, 2.75) is 85.7 Å². The van der Waals surface area contributed by atoms with Crippen molar-refractivity contribution in [1.29, 1.82) is 0 Å². The first-order valence-electron chi connectivity index (χ1n) is 9.00. The topological polar surface area (TPSA) is 15.3 Å². The minimum absolute atomic E-state index is 0.474. The summed E-state index contributed by atoms with van der Waals surface area (Å²) in [6.45, 7) is 15.5. The van der Waals surface area contributed by atoms with Crippen LogP contribution in [0.1, 0.15) is 73.6 Å². The number of nitrogens with zero attached hydrogens (tertiary/aromatic N) is 1. The predicted octanol–water partition coefficient (Wildman–Crippen LogP) is 4.55. The molecule has 1 fully saturated rings. The van der Waals surface area contributed by atoms with Crippen LogP contribution in [0, 0.1) is 16.7 Å². The number of hydrogen-bond acceptors (Lipinski definition) is 2. The molecule has 0 heterocycles. The van der Waals surface area contributed by atoms with Gasteiger partial charge in [0.1, 0.15) is 0 Å². The Bertz CT molecular complexity index is 287. The largest absolute Gasteiger partial charge is 0.312 e. The Balaban J connectivity index is 2.63. The molecule has 0 aliphatic heterocycles. The zero-order valence-electron chi connectivity index (χ0n) is 15.9. The summed E-state index contributed by atoms with van der Waals surface area (Å²) in [5.74, 6) is 0.803. The molecule has 1 rings (SSSR count). The molecular weight excluding hydrogens is 256 g/mol. The van der Waals surface area contributed by atoms with Crippen molar-refractivity contribution in [3.05, 3.63) is 0 Å². The minimum atomic E-state index is 0.474. The Labute approximate surface area is 134 Å². The van der Waals surface area contributed by atoms with E-state index in [1.165, 1.54) is 32.1 Å². The first-order chi connectivity index (χ1) is 9.60. The predicted molar refractivity (Wildman–Crippen MR) is 94.8 cm³/mol. The molecule has 0 aromatic heterocycles. The van der Waals surface area contributed by atoms with E-state index in [1.54, 1.807) is 0 Å². The van der Waals surface area contributed by atoms with E-state index >= 15 is 0 Å². The van der Waals surface area contributed by atoms with Crippen molar-refractivity contribution in [3.63, 3.8) is 0 Å². The number of nitrogens with one attached hydrogen (secondary N) is 1. The Kier molecular flexibility index (Phi) is 6.74. The standard InChI is InChI=1S/C19H40N2/c1-9-15(10-2)17(21(7)8)13-20-16-11-18(3,4)14-19(5,6)12-16/h15-17,20H,9-14H2,1-8H3. The molecular formula is C19H40N2. The quantitative estimate of drug-likeness (QED) is 0.741. The van der Waals surface area contributed by atoms with Gasteiger partial charge in [-0.1, -0.05) is 54.4 Å². The summed E-state index contributed by atoms with van der Waals surface area (Å²) in [6, 6.07) is 1.34. The third-order valence-electron chi connectivity index (χ3n) is 5.43. The van der Waals surface area contributed by atoms with Crippen LogP contribution in [0.15, 0.2) is 0 Å². The van der Waals surface area contributed by atoms with Crippen LogP contribution in [-0.2, 0) is 0 Å². The summed E-state index contributed by atoms with van der Waals surface area (Å²) in [6.07, 6.45) is 6.55. The summed E-state index contributed by atoms with van der Waals surface area (Å²) >= 11 is 0. The van der Waals surface area contributed by atoms with Crippen LogP contribution in [0.4, 0.5) is 0 Å². The highest BCUT2D eigenvalue weighted by molar-refractivity contribution is 4.93. The molecule has 1 unspecified atom stereocenters. The van der Waals surface area contributed by atoms with E-state index in [0.717, 1.165) is 12.5 Å². The number of hydrogen-bond donors (Lipinski definition) is 1. The third kappa shape index (κ3) is 5.90. The van der Waals surface area contributed by atoms with E-state index in [9.17, 15) is 0 Å². The SMILES string of the molecule is CCC(CC)C(CNC1CC(C)(C)CC(C)(C)C1)N(C)C. The van der Waals surface area contributed by atoms with Crippen LogP contribution in [-0.4, -0.2) is 37.6 Å². The second-order valence-electron chi connectivity index (χ2n) is 9.13. The van der Waals surface area contributed by atoms with Crippen molar-refractivity contribution in [3.8, 4) is 0 Å². The molecule has 21 heavy (non-hydrogen) atoms. The Morgan fingerprint density at radius 3 is 1.86 bits per heavy atom. The van der Waals surface area contributed by atoms with Gasteiger partial charge in [-0.25, -0.2) is 0 Å². The van der Waals surface area contributed by atoms with Gasteiger partial charge in [0.05, 0.1) is 0 Å². The molecule has 1 aliphatic rings. The molecule has 1 N–H and O–H groups in total. The first kappa shape index (κ1) is 19.0. The molecule has 0 aromatic rings. The maximum atomic E-state index is 3.92. The van der Waals surface area contributed by atoms with Gasteiger partial charge in [-0.15, -0.1) is 0 Å². The lowest BCUT2D eigenvalue weighted by Crippen LogP contribution is -2.49. The van der Waals surface area contributed by atoms with Crippen LogP contribution in [0.25, 0.3) is 0 Å². The van der Waals surface area contributed by atoms with Crippen molar-refractivity contribution in [2.75, 3.05) is 20.6 Å². The summed E-state index contributed by atoms with van der Waals surface area (Å²) in [4.78, 5) is 2.42. The Morgan fingerprint density at radius 2 is 1.48 bits per heavy atom. The summed E-state index contributed by atoms with van der Waals surface area (Å²) in [7, 11) is 4.47. The molecule has 0 saturated heterocycles. The van der Waals surface area contributed by atoms with Gasteiger partial charge in [-0.05, 0) is 50.1 Å². The van der Waals surface area contributed by atoms with Gasteiger partial charge in [0.15, 0.2) is 0 Å². The van der Waals surface area contributed by atoms with E-state index in [-0.39, 0.29) is 0 Å². The average Bonchev–Trinajstić information content (AvgIpc) is 2.30. The summed E-state index contributed by atoms with van der Waals surface area (Å²) in [5.41, 5.74) is 0.948. The molecule has 2 heteroatoms. The highest BCUT2D eigenvalue weighted by atomic mass is 15.1. The fourth-order valence-corrected chi connectivity index (χ4v) is 4.88. The Morgan fingerprint density at radius 1 is 1.00 bits per heavy atom. The van der Waals surface area contributed by atoms with Gasteiger partial charge in [0.2, 0.25) is 0 Å². The van der Waals surface area contributed by atoms with Crippen molar-refractivity contribution in [1.82, 2.24) is 10.2 Å². The van der Waals surface area contributed by atoms with E-state index in [1.807, 2.05) is 0 Å². The Hall–Kier alpha value is -0.0800. The van der Waals surface area contributed by atoms with Crippen LogP contribution >= 0.6 is 0 Å². The lowest BCUT2D eigenvalue weighted by molar-refractivity contribution is 0.0787. The molecule has 1 atom stereocenters. The van der Waals surface area contributed by atoms with Crippen LogP contribution in [0.5, 0.6) is 0 Å². The van der Waals surface area contributed by atoms with Gasteiger partial charge < -0.3 is 10.2 Å². The van der Waals surface area contributed by atoms with Crippen molar-refractivity contribution < 1.29 is 0 Å². The lowest BCUT2D eigenvalue weighted by atomic mass is 9.63. The van der Waals surface area contributed by atoms with Crippen LogP contribution in [0.3, 0.4) is 0 Å². The number of likely N-dealkylation sites (N-methyl/N-ethyl adjacent to an activating group) is 1. The maximum Gasteiger partial charge on any atom is 0.0242 e. The second kappa shape index (κ2) is 7.46. The molecule has 0 spiro atoms. The molecule has 0 radical (unpaired) electrons. The monoisotopic (exact) mass is 296 g/mol. The van der Waals surface area contributed by atoms with Crippen LogP contribution < -0.4 is 5.32 Å². The van der Waals surface area contributed by atoms with E-state index in [0.29, 0.717) is 22.9 Å². The van der Waals surface area contributed by atoms with Crippen LogP contribution in [0.2, 0.25) is 0 Å². The third-order valence-corrected chi connectivity index (χ3v) is 5.43. The summed E-state index contributed by atoms with van der Waals surface area (Å²) < 4.78 is 0. The fraction of sp³-hybridized carbons (Fsp3) is 1.00. The molecule has 2 nitrogen and oxygen atoms in total. The van der Waals surface area contributed by atoms with Gasteiger partial charge in [-0.3, -0.25) is 0 Å². The molecule has 126 valence electrons. The molecule has 0 amide bonds. The van der Waals surface area contributed by atoms with Crippen molar-refractivity contribution >= 4 is 0 Å². The van der Waals surface area contributed by atoms with Gasteiger partial charge in [0, 0.05) is 18.6 Å². The molecule has 1 aliphatic carbocycles. The smallest absolute Gasteiger partial charge is 0.0242 e. The zero-order valence-corrected chi connectivity index (χ0v) is 15.9. The normalized spacial score (nSPS) is 23.7. The van der Waals surface area contributed by atoms with Gasteiger partial charge >= 0.3 is 0 Å². The summed E-state index contributed by atoms with van der Waals surface area (Å²) in [5, 5.41) is 3.92. The number of rotatable bonds is 7. The molecule has 0 bridgehead atoms. The van der Waals surface area contributed by atoms with E-state index in [4.69, 9.17) is 0 Å². The molecule has 1 saturated carbocycles. The lowest BCUT2D eigenvalue weighted by Gasteiger charge is -2.46. The highest BCUT2D eigenvalue weighted by Gasteiger charge is 2.38. The first-order valence-corrected chi connectivity index (χ1v) is 9.00. The molecule has 0 aromatic carbocycles. The van der Waals surface area contributed by atoms with E-state index in [2.05, 4.69) is 65.9 Å².